The fraction of sp³-hybridized carbons (Fsp3) is 0.333. The van der Waals surface area contributed by atoms with E-state index in [0.717, 1.165) is 29.6 Å². The highest BCUT2D eigenvalue weighted by molar-refractivity contribution is 9.10. The summed E-state index contributed by atoms with van der Waals surface area (Å²) in [6, 6.07) is 8.64. The predicted molar refractivity (Wildman–Crippen MR) is 78.7 cm³/mol. The van der Waals surface area contributed by atoms with Crippen molar-refractivity contribution in [2.45, 2.75) is 31.8 Å². The molecule has 0 amide bonds. The van der Waals surface area contributed by atoms with Crippen molar-refractivity contribution in [2.24, 2.45) is 0 Å². The lowest BCUT2D eigenvalue weighted by molar-refractivity contribution is 0.445. The number of hydrogen-bond acceptors (Lipinski definition) is 3. The lowest BCUT2D eigenvalue weighted by Crippen LogP contribution is -2.26. The van der Waals surface area contributed by atoms with Gasteiger partial charge in [-0.05, 0) is 59.0 Å². The molecule has 1 aliphatic rings. The van der Waals surface area contributed by atoms with Crippen molar-refractivity contribution in [1.29, 1.82) is 0 Å². The Kier molecular flexibility index (Phi) is 3.89. The summed E-state index contributed by atoms with van der Waals surface area (Å²) in [5, 5.41) is 3.57. The third kappa shape index (κ3) is 3.01. The Morgan fingerprint density at radius 2 is 2.21 bits per heavy atom. The topological polar surface area (TPSA) is 37.8 Å². The zero-order valence-electron chi connectivity index (χ0n) is 10.6. The van der Waals surface area contributed by atoms with Crippen LogP contribution in [0, 0.1) is 0 Å². The van der Waals surface area contributed by atoms with Crippen LogP contribution in [0.3, 0.4) is 0 Å². The summed E-state index contributed by atoms with van der Waals surface area (Å²) in [7, 11) is 0. The molecule has 98 valence electrons. The van der Waals surface area contributed by atoms with Crippen LogP contribution in [-0.4, -0.2) is 9.97 Å². The Bertz CT molecular complexity index is 554. The van der Waals surface area contributed by atoms with Crippen molar-refractivity contribution in [3.63, 3.8) is 0 Å². The first-order chi connectivity index (χ1) is 9.33. The normalized spacial score (nSPS) is 18.1. The molecule has 0 saturated carbocycles. The molecule has 3 nitrogen and oxygen atoms in total. The van der Waals surface area contributed by atoms with Gasteiger partial charge in [-0.15, -0.1) is 0 Å². The summed E-state index contributed by atoms with van der Waals surface area (Å²) in [4.78, 5) is 8.93. The van der Waals surface area contributed by atoms with Crippen LogP contribution < -0.4 is 5.32 Å². The number of nitrogens with one attached hydrogen (secondary N) is 1. The van der Waals surface area contributed by atoms with Gasteiger partial charge in [0.25, 0.3) is 0 Å². The standard InChI is InChI=1S/C15H16BrN3/c16-12-6-7-13(18-9-12)10-19-14-5-1-3-11-4-2-8-17-15(11)14/h2,4,6-9,14,19H,1,3,5,10H2/t14-/m1/s1. The molecule has 0 spiro atoms. The zero-order valence-corrected chi connectivity index (χ0v) is 12.2. The fourth-order valence-electron chi connectivity index (χ4n) is 2.55. The Hall–Kier alpha value is -1.26. The van der Waals surface area contributed by atoms with Crippen molar-refractivity contribution in [3.8, 4) is 0 Å². The number of halogens is 1. The predicted octanol–water partition coefficient (Wildman–Crippen LogP) is 3.41. The van der Waals surface area contributed by atoms with Crippen LogP contribution in [0.2, 0.25) is 0 Å². The van der Waals surface area contributed by atoms with Gasteiger partial charge in [-0.3, -0.25) is 9.97 Å². The number of aryl methyl sites for hydroxylation is 1. The van der Waals surface area contributed by atoms with Gasteiger partial charge in [0.15, 0.2) is 0 Å². The quantitative estimate of drug-likeness (QED) is 0.942. The maximum absolute atomic E-state index is 4.54. The van der Waals surface area contributed by atoms with Crippen molar-refractivity contribution < 1.29 is 0 Å². The molecular weight excluding hydrogens is 302 g/mol. The van der Waals surface area contributed by atoms with Gasteiger partial charge in [0.2, 0.25) is 0 Å². The minimum absolute atomic E-state index is 0.357. The third-order valence-corrected chi connectivity index (χ3v) is 3.98. The van der Waals surface area contributed by atoms with Crippen molar-refractivity contribution >= 4 is 15.9 Å². The number of rotatable bonds is 3. The lowest BCUT2D eigenvalue weighted by Gasteiger charge is -2.25. The molecule has 1 atom stereocenters. The van der Waals surface area contributed by atoms with Crippen molar-refractivity contribution in [1.82, 2.24) is 15.3 Å². The molecule has 1 N–H and O–H groups in total. The highest BCUT2D eigenvalue weighted by atomic mass is 79.9. The molecule has 0 aromatic carbocycles. The van der Waals surface area contributed by atoms with E-state index in [4.69, 9.17) is 0 Å². The summed E-state index contributed by atoms with van der Waals surface area (Å²) in [6.07, 6.45) is 7.25. The summed E-state index contributed by atoms with van der Waals surface area (Å²) in [5.74, 6) is 0. The Morgan fingerprint density at radius 1 is 1.26 bits per heavy atom. The smallest absolute Gasteiger partial charge is 0.0605 e. The monoisotopic (exact) mass is 317 g/mol. The first-order valence-corrected chi connectivity index (χ1v) is 7.40. The second kappa shape index (κ2) is 5.80. The molecule has 0 radical (unpaired) electrons. The molecule has 0 saturated heterocycles. The van der Waals surface area contributed by atoms with Crippen LogP contribution in [0.1, 0.15) is 35.8 Å². The van der Waals surface area contributed by atoms with Crippen molar-refractivity contribution in [2.75, 3.05) is 0 Å². The summed E-state index contributed by atoms with van der Waals surface area (Å²) < 4.78 is 1.01. The lowest BCUT2D eigenvalue weighted by atomic mass is 9.92. The number of aromatic nitrogens is 2. The van der Waals surface area contributed by atoms with E-state index in [1.165, 1.54) is 17.7 Å². The summed E-state index contributed by atoms with van der Waals surface area (Å²) in [5.41, 5.74) is 3.66. The van der Waals surface area contributed by atoms with Gasteiger partial charge >= 0.3 is 0 Å². The molecule has 2 aromatic heterocycles. The zero-order chi connectivity index (χ0) is 13.1. The number of hydrogen-bond donors (Lipinski definition) is 1. The first-order valence-electron chi connectivity index (χ1n) is 6.60. The molecule has 0 bridgehead atoms. The van der Waals surface area contributed by atoms with E-state index in [1.807, 2.05) is 30.6 Å². The van der Waals surface area contributed by atoms with E-state index >= 15 is 0 Å². The molecule has 2 heterocycles. The van der Waals surface area contributed by atoms with Gasteiger partial charge in [0, 0.05) is 23.4 Å². The van der Waals surface area contributed by atoms with E-state index in [0.29, 0.717) is 6.04 Å². The Balaban J connectivity index is 1.69. The second-order valence-corrected chi connectivity index (χ2v) is 5.76. The first kappa shape index (κ1) is 12.8. The SMILES string of the molecule is Brc1ccc(CN[C@@H]2CCCc3cccnc32)nc1. The third-order valence-electron chi connectivity index (χ3n) is 3.51. The van der Waals surface area contributed by atoms with Crippen LogP contribution in [0.5, 0.6) is 0 Å². The van der Waals surface area contributed by atoms with Gasteiger partial charge in [-0.1, -0.05) is 6.07 Å². The van der Waals surface area contributed by atoms with Crippen LogP contribution in [-0.2, 0) is 13.0 Å². The van der Waals surface area contributed by atoms with E-state index in [2.05, 4.69) is 37.3 Å². The molecule has 0 aliphatic heterocycles. The highest BCUT2D eigenvalue weighted by Gasteiger charge is 2.20. The molecule has 1 aliphatic carbocycles. The van der Waals surface area contributed by atoms with Crippen molar-refractivity contribution in [3.05, 3.63) is 58.1 Å². The largest absolute Gasteiger partial charge is 0.303 e. The number of pyridine rings is 2. The van der Waals surface area contributed by atoms with E-state index in [-0.39, 0.29) is 0 Å². The Morgan fingerprint density at radius 3 is 3.05 bits per heavy atom. The van der Waals surface area contributed by atoms with Crippen LogP contribution in [0.4, 0.5) is 0 Å². The molecule has 4 heteroatoms. The fourth-order valence-corrected chi connectivity index (χ4v) is 2.78. The number of fused-ring (bicyclic) bond motifs is 1. The van der Waals surface area contributed by atoms with Crippen LogP contribution in [0.15, 0.2) is 41.1 Å². The summed E-state index contributed by atoms with van der Waals surface area (Å²) >= 11 is 3.40. The summed E-state index contributed by atoms with van der Waals surface area (Å²) in [6.45, 7) is 0.786. The minimum Gasteiger partial charge on any atom is -0.303 e. The van der Waals surface area contributed by atoms with Crippen LogP contribution in [0.25, 0.3) is 0 Å². The van der Waals surface area contributed by atoms with Gasteiger partial charge in [-0.2, -0.15) is 0 Å². The molecular formula is C15H16BrN3. The van der Waals surface area contributed by atoms with E-state index < -0.39 is 0 Å². The van der Waals surface area contributed by atoms with Gasteiger partial charge in [0.1, 0.15) is 0 Å². The maximum atomic E-state index is 4.54. The molecule has 2 aromatic rings. The molecule has 0 unspecified atom stereocenters. The van der Waals surface area contributed by atoms with Gasteiger partial charge in [0.05, 0.1) is 17.4 Å². The maximum Gasteiger partial charge on any atom is 0.0605 e. The highest BCUT2D eigenvalue weighted by Crippen LogP contribution is 2.27. The average molecular weight is 318 g/mol. The molecule has 0 fully saturated rings. The average Bonchev–Trinajstić information content (AvgIpc) is 2.47. The van der Waals surface area contributed by atoms with Crippen LogP contribution >= 0.6 is 15.9 Å². The molecule has 3 rings (SSSR count). The second-order valence-electron chi connectivity index (χ2n) is 4.84. The minimum atomic E-state index is 0.357. The number of nitrogens with zero attached hydrogens (tertiary/aromatic N) is 2. The Labute approximate surface area is 121 Å². The molecule has 19 heavy (non-hydrogen) atoms. The van der Waals surface area contributed by atoms with E-state index in [9.17, 15) is 0 Å². The van der Waals surface area contributed by atoms with E-state index in [1.54, 1.807) is 0 Å². The van der Waals surface area contributed by atoms with Gasteiger partial charge in [-0.25, -0.2) is 0 Å². The van der Waals surface area contributed by atoms with Gasteiger partial charge < -0.3 is 5.32 Å².